The summed E-state index contributed by atoms with van der Waals surface area (Å²) in [4.78, 5) is 11.4. The van der Waals surface area contributed by atoms with Gasteiger partial charge in [0, 0.05) is 11.2 Å². The highest BCUT2D eigenvalue weighted by atomic mass is 79.9. The van der Waals surface area contributed by atoms with Crippen molar-refractivity contribution in [3.8, 4) is 0 Å². The van der Waals surface area contributed by atoms with E-state index in [4.69, 9.17) is 0 Å². The molecular weight excluding hydrogens is 283 g/mol. The number of allylic oxidation sites excluding steroid dienone is 2. The molecule has 3 heteroatoms. The summed E-state index contributed by atoms with van der Waals surface area (Å²) >= 11 is 3.55. The third-order valence-electron chi connectivity index (χ3n) is 2.47. The van der Waals surface area contributed by atoms with E-state index in [1.165, 1.54) is 12.1 Å². The number of rotatable bonds is 6. The van der Waals surface area contributed by atoms with Gasteiger partial charge in [-0.1, -0.05) is 34.1 Å². The van der Waals surface area contributed by atoms with Gasteiger partial charge in [-0.25, -0.2) is 4.39 Å². The Kier molecular flexibility index (Phi) is 6.12. The van der Waals surface area contributed by atoms with Gasteiger partial charge in [0.05, 0.1) is 0 Å². The van der Waals surface area contributed by atoms with E-state index in [1.807, 2.05) is 6.92 Å². The Bertz CT molecular complexity index is 384. The first-order valence-corrected chi connectivity index (χ1v) is 6.60. The van der Waals surface area contributed by atoms with E-state index in [9.17, 15) is 9.18 Å². The Morgan fingerprint density at radius 2 is 2.06 bits per heavy atom. The fourth-order valence-electron chi connectivity index (χ4n) is 1.56. The van der Waals surface area contributed by atoms with E-state index < -0.39 is 0 Å². The van der Waals surface area contributed by atoms with Crippen LogP contribution in [0.1, 0.15) is 36.6 Å². The lowest BCUT2D eigenvalue weighted by molar-refractivity contribution is -0.114. The molecule has 0 aliphatic carbocycles. The minimum Gasteiger partial charge on any atom is -0.295 e. The average Bonchev–Trinajstić information content (AvgIpc) is 2.30. The van der Waals surface area contributed by atoms with E-state index in [1.54, 1.807) is 24.3 Å². The SMILES string of the molecule is CC=CC(=O)CCCC(Br)c1ccc(F)cc1. The molecule has 1 atom stereocenters. The molecule has 0 heterocycles. The Morgan fingerprint density at radius 1 is 1.41 bits per heavy atom. The highest BCUT2D eigenvalue weighted by molar-refractivity contribution is 9.09. The molecule has 1 aromatic rings. The second-order valence-electron chi connectivity index (χ2n) is 3.88. The van der Waals surface area contributed by atoms with Gasteiger partial charge < -0.3 is 0 Å². The Labute approximate surface area is 110 Å². The first-order chi connectivity index (χ1) is 8.13. The Morgan fingerprint density at radius 3 is 2.65 bits per heavy atom. The van der Waals surface area contributed by atoms with Crippen LogP contribution < -0.4 is 0 Å². The summed E-state index contributed by atoms with van der Waals surface area (Å²) in [5.74, 6) is -0.0667. The van der Waals surface area contributed by atoms with Crippen LogP contribution in [-0.4, -0.2) is 5.78 Å². The number of alkyl halides is 1. The van der Waals surface area contributed by atoms with Crippen LogP contribution in [0.4, 0.5) is 4.39 Å². The molecular formula is C14H16BrFO. The van der Waals surface area contributed by atoms with Crippen molar-refractivity contribution < 1.29 is 9.18 Å². The second kappa shape index (κ2) is 7.38. The molecule has 0 aliphatic heterocycles. The lowest BCUT2D eigenvalue weighted by Gasteiger charge is -2.09. The van der Waals surface area contributed by atoms with Gasteiger partial charge in [0.25, 0.3) is 0 Å². The summed E-state index contributed by atoms with van der Waals surface area (Å²) in [7, 11) is 0. The van der Waals surface area contributed by atoms with Crippen molar-refractivity contribution in [1.29, 1.82) is 0 Å². The molecule has 1 rings (SSSR count). The van der Waals surface area contributed by atoms with Crippen LogP contribution in [0.15, 0.2) is 36.4 Å². The van der Waals surface area contributed by atoms with Crippen LogP contribution in [0, 0.1) is 5.82 Å². The van der Waals surface area contributed by atoms with E-state index >= 15 is 0 Å². The predicted octanol–water partition coefficient (Wildman–Crippen LogP) is 4.58. The number of halogens is 2. The summed E-state index contributed by atoms with van der Waals surface area (Å²) < 4.78 is 12.7. The molecule has 92 valence electrons. The minimum absolute atomic E-state index is 0.159. The van der Waals surface area contributed by atoms with Crippen molar-refractivity contribution in [2.24, 2.45) is 0 Å². The lowest BCUT2D eigenvalue weighted by atomic mass is 10.1. The topological polar surface area (TPSA) is 17.1 Å². The van der Waals surface area contributed by atoms with Crippen molar-refractivity contribution >= 4 is 21.7 Å². The molecule has 1 aromatic carbocycles. The second-order valence-corrected chi connectivity index (χ2v) is 4.98. The van der Waals surface area contributed by atoms with Gasteiger partial charge in [0.2, 0.25) is 0 Å². The number of hydrogen-bond acceptors (Lipinski definition) is 1. The van der Waals surface area contributed by atoms with E-state index in [0.717, 1.165) is 18.4 Å². The Balaban J connectivity index is 2.37. The van der Waals surface area contributed by atoms with Gasteiger partial charge in [-0.05, 0) is 43.5 Å². The van der Waals surface area contributed by atoms with Crippen molar-refractivity contribution in [2.45, 2.75) is 31.0 Å². The van der Waals surface area contributed by atoms with Gasteiger partial charge in [-0.15, -0.1) is 0 Å². The number of benzene rings is 1. The third-order valence-corrected chi connectivity index (χ3v) is 3.45. The Hall–Kier alpha value is -0.960. The van der Waals surface area contributed by atoms with Crippen LogP contribution in [0.25, 0.3) is 0 Å². The van der Waals surface area contributed by atoms with Gasteiger partial charge >= 0.3 is 0 Å². The van der Waals surface area contributed by atoms with Gasteiger partial charge in [-0.2, -0.15) is 0 Å². The summed E-state index contributed by atoms with van der Waals surface area (Å²) in [5, 5.41) is 0. The summed E-state index contributed by atoms with van der Waals surface area (Å²) in [6.07, 6.45) is 5.62. The third kappa shape index (κ3) is 5.26. The molecule has 1 nitrogen and oxygen atoms in total. The summed E-state index contributed by atoms with van der Waals surface area (Å²) in [6, 6.07) is 6.44. The molecule has 17 heavy (non-hydrogen) atoms. The molecule has 0 spiro atoms. The maximum Gasteiger partial charge on any atom is 0.155 e. The average molecular weight is 299 g/mol. The fraction of sp³-hybridized carbons (Fsp3) is 0.357. The highest BCUT2D eigenvalue weighted by Crippen LogP contribution is 2.28. The lowest BCUT2D eigenvalue weighted by Crippen LogP contribution is -1.95. The van der Waals surface area contributed by atoms with Gasteiger partial charge in [-0.3, -0.25) is 4.79 Å². The summed E-state index contributed by atoms with van der Waals surface area (Å²) in [5.41, 5.74) is 1.05. The zero-order valence-electron chi connectivity index (χ0n) is 9.83. The van der Waals surface area contributed by atoms with E-state index in [2.05, 4.69) is 15.9 Å². The number of ketones is 1. The molecule has 0 N–H and O–H groups in total. The molecule has 0 amide bonds. The zero-order valence-corrected chi connectivity index (χ0v) is 11.4. The van der Waals surface area contributed by atoms with Crippen LogP contribution >= 0.6 is 15.9 Å². The molecule has 0 saturated carbocycles. The molecule has 1 unspecified atom stereocenters. The van der Waals surface area contributed by atoms with Gasteiger partial charge in [0.1, 0.15) is 5.82 Å². The van der Waals surface area contributed by atoms with Crippen LogP contribution in [0.5, 0.6) is 0 Å². The van der Waals surface area contributed by atoms with Gasteiger partial charge in [0.15, 0.2) is 5.78 Å². The first-order valence-electron chi connectivity index (χ1n) is 5.68. The maximum atomic E-state index is 12.7. The smallest absolute Gasteiger partial charge is 0.155 e. The predicted molar refractivity (Wildman–Crippen MR) is 71.7 cm³/mol. The molecule has 0 radical (unpaired) electrons. The molecule has 0 bridgehead atoms. The zero-order chi connectivity index (χ0) is 12.7. The molecule has 0 saturated heterocycles. The van der Waals surface area contributed by atoms with E-state index in [-0.39, 0.29) is 16.4 Å². The van der Waals surface area contributed by atoms with E-state index in [0.29, 0.717) is 6.42 Å². The van der Waals surface area contributed by atoms with Crippen LogP contribution in [0.2, 0.25) is 0 Å². The summed E-state index contributed by atoms with van der Waals surface area (Å²) in [6.45, 7) is 1.84. The van der Waals surface area contributed by atoms with Crippen LogP contribution in [-0.2, 0) is 4.79 Å². The first kappa shape index (κ1) is 14.1. The van der Waals surface area contributed by atoms with Crippen molar-refractivity contribution in [3.05, 3.63) is 47.8 Å². The quantitative estimate of drug-likeness (QED) is 0.555. The molecule has 0 aromatic heterocycles. The van der Waals surface area contributed by atoms with Crippen molar-refractivity contribution in [2.75, 3.05) is 0 Å². The highest BCUT2D eigenvalue weighted by Gasteiger charge is 2.08. The van der Waals surface area contributed by atoms with Crippen molar-refractivity contribution in [1.82, 2.24) is 0 Å². The number of carbonyl (C=O) groups excluding carboxylic acids is 1. The largest absolute Gasteiger partial charge is 0.295 e. The number of carbonyl (C=O) groups is 1. The standard InChI is InChI=1S/C14H16BrFO/c1-2-4-13(17)5-3-6-14(15)11-7-9-12(16)10-8-11/h2,4,7-10,14H,3,5-6H2,1H3. The maximum absolute atomic E-state index is 12.7. The van der Waals surface area contributed by atoms with Crippen molar-refractivity contribution in [3.63, 3.8) is 0 Å². The number of hydrogen-bond donors (Lipinski definition) is 0. The van der Waals surface area contributed by atoms with Crippen LogP contribution in [0.3, 0.4) is 0 Å². The minimum atomic E-state index is -0.225. The molecule has 0 fully saturated rings. The normalized spacial score (nSPS) is 12.9. The molecule has 0 aliphatic rings. The monoisotopic (exact) mass is 298 g/mol. The fourth-order valence-corrected chi connectivity index (χ4v) is 2.19.